The molecule has 2 heterocycles. The van der Waals surface area contributed by atoms with E-state index in [0.29, 0.717) is 26.1 Å². The summed E-state index contributed by atoms with van der Waals surface area (Å²) in [5, 5.41) is 20.9. The maximum Gasteiger partial charge on any atom is 0.270 e. The van der Waals surface area contributed by atoms with Gasteiger partial charge in [0.05, 0.1) is 12.0 Å². The molecular weight excluding hydrogens is 580 g/mol. The highest BCUT2D eigenvalue weighted by Crippen LogP contribution is 2.29. The van der Waals surface area contributed by atoms with Gasteiger partial charge in [0.2, 0.25) is 5.91 Å². The van der Waals surface area contributed by atoms with Crippen molar-refractivity contribution < 1.29 is 19.2 Å². The summed E-state index contributed by atoms with van der Waals surface area (Å²) in [5.41, 5.74) is 2.06. The Morgan fingerprint density at radius 3 is 2.48 bits per heavy atom. The number of rotatable bonds is 11. The van der Waals surface area contributed by atoms with Crippen molar-refractivity contribution in [2.45, 2.75) is 37.4 Å². The molecule has 11 nitrogen and oxygen atoms in total. The standard InChI is InChI=1S/C32H34N6O5S/c1-23-22-35(18-19-36(23)31(40)25-11-8-12-27(21-25)38(41)42)29(39)13-6-7-20-44-32-34-33-30(24-9-4-3-5-10-24)37(32)26-14-16-28(43-2)17-15-26/h3-5,8-12,14-17,21,23H,6-7,13,18-20,22H2,1-2H3. The lowest BCUT2D eigenvalue weighted by Gasteiger charge is -2.40. The van der Waals surface area contributed by atoms with Gasteiger partial charge in [-0.1, -0.05) is 48.2 Å². The normalized spacial score (nSPS) is 14.8. The van der Waals surface area contributed by atoms with E-state index in [1.807, 2.05) is 71.0 Å². The number of methoxy groups -OCH3 is 1. The fraction of sp³-hybridized carbons (Fsp3) is 0.312. The maximum absolute atomic E-state index is 13.0. The molecule has 0 radical (unpaired) electrons. The summed E-state index contributed by atoms with van der Waals surface area (Å²) in [6.45, 7) is 3.15. The maximum atomic E-state index is 13.0. The van der Waals surface area contributed by atoms with Crippen molar-refractivity contribution in [1.82, 2.24) is 24.6 Å². The van der Waals surface area contributed by atoms with Crippen molar-refractivity contribution in [2.75, 3.05) is 32.5 Å². The topological polar surface area (TPSA) is 124 Å². The van der Waals surface area contributed by atoms with E-state index in [1.165, 1.54) is 18.2 Å². The van der Waals surface area contributed by atoms with Gasteiger partial charge in [0, 0.05) is 66.8 Å². The molecule has 5 rings (SSSR count). The molecule has 1 unspecified atom stereocenters. The number of aromatic nitrogens is 3. The summed E-state index contributed by atoms with van der Waals surface area (Å²) in [6.07, 6.45) is 1.98. The Morgan fingerprint density at radius 2 is 1.77 bits per heavy atom. The van der Waals surface area contributed by atoms with Crippen LogP contribution in [0.15, 0.2) is 84.0 Å². The average molecular weight is 615 g/mol. The number of non-ortho nitro benzene ring substituents is 1. The molecule has 1 aliphatic rings. The Hall–Kier alpha value is -4.71. The van der Waals surface area contributed by atoms with E-state index in [9.17, 15) is 19.7 Å². The second kappa shape index (κ2) is 14.2. The molecule has 1 aliphatic heterocycles. The van der Waals surface area contributed by atoms with Crippen molar-refractivity contribution in [3.63, 3.8) is 0 Å². The molecule has 228 valence electrons. The molecule has 3 aromatic carbocycles. The number of amides is 2. The lowest BCUT2D eigenvalue weighted by molar-refractivity contribution is -0.384. The van der Waals surface area contributed by atoms with Gasteiger partial charge in [0.25, 0.3) is 11.6 Å². The predicted molar refractivity (Wildman–Crippen MR) is 168 cm³/mol. The highest BCUT2D eigenvalue weighted by molar-refractivity contribution is 7.99. The highest BCUT2D eigenvalue weighted by atomic mass is 32.2. The Bertz CT molecular complexity index is 1610. The first-order valence-electron chi connectivity index (χ1n) is 14.5. The van der Waals surface area contributed by atoms with E-state index in [0.717, 1.165) is 46.6 Å². The van der Waals surface area contributed by atoms with Crippen molar-refractivity contribution in [3.8, 4) is 22.8 Å². The summed E-state index contributed by atoms with van der Waals surface area (Å²) in [5.74, 6) is 2.11. The number of unbranched alkanes of at least 4 members (excludes halogenated alkanes) is 1. The Morgan fingerprint density at radius 1 is 1.00 bits per heavy atom. The number of hydrogen-bond donors (Lipinski definition) is 0. The second-order valence-corrected chi connectivity index (χ2v) is 11.6. The van der Waals surface area contributed by atoms with E-state index in [2.05, 4.69) is 10.2 Å². The molecule has 0 aliphatic carbocycles. The number of hydrogen-bond acceptors (Lipinski definition) is 8. The Kier molecular flexibility index (Phi) is 9.90. The first kappa shape index (κ1) is 30.7. The molecule has 0 saturated carbocycles. The van der Waals surface area contributed by atoms with Crippen LogP contribution in [-0.4, -0.2) is 79.8 Å². The molecule has 44 heavy (non-hydrogen) atoms. The zero-order valence-corrected chi connectivity index (χ0v) is 25.5. The Labute approximate surface area is 260 Å². The van der Waals surface area contributed by atoms with Gasteiger partial charge in [-0.05, 0) is 50.1 Å². The van der Waals surface area contributed by atoms with E-state index >= 15 is 0 Å². The van der Waals surface area contributed by atoms with Crippen molar-refractivity contribution in [1.29, 1.82) is 0 Å². The monoisotopic (exact) mass is 614 g/mol. The van der Waals surface area contributed by atoms with Crippen molar-refractivity contribution >= 4 is 29.3 Å². The van der Waals surface area contributed by atoms with Gasteiger partial charge in [-0.15, -0.1) is 10.2 Å². The number of thioether (sulfide) groups is 1. The molecule has 4 aromatic rings. The third-order valence-electron chi connectivity index (χ3n) is 7.56. The quantitative estimate of drug-likeness (QED) is 0.0941. The number of piperazine rings is 1. The molecule has 1 fully saturated rings. The van der Waals surface area contributed by atoms with E-state index in [-0.39, 0.29) is 29.1 Å². The minimum atomic E-state index is -0.511. The van der Waals surface area contributed by atoms with Gasteiger partial charge < -0.3 is 14.5 Å². The van der Waals surface area contributed by atoms with Crippen LogP contribution in [0.4, 0.5) is 5.69 Å². The Balaban J connectivity index is 1.13. The van der Waals surface area contributed by atoms with E-state index in [4.69, 9.17) is 4.74 Å². The zero-order chi connectivity index (χ0) is 31.1. The SMILES string of the molecule is COc1ccc(-n2c(SCCCCC(=O)N3CCN(C(=O)c4cccc([N+](=O)[O-])c4)C(C)C3)nnc2-c2ccccc2)cc1. The second-order valence-electron chi connectivity index (χ2n) is 10.5. The number of nitrogens with zero attached hydrogens (tertiary/aromatic N) is 6. The summed E-state index contributed by atoms with van der Waals surface area (Å²) >= 11 is 1.61. The van der Waals surface area contributed by atoms with Gasteiger partial charge in [-0.25, -0.2) is 0 Å². The highest BCUT2D eigenvalue weighted by Gasteiger charge is 2.30. The van der Waals surface area contributed by atoms with Gasteiger partial charge >= 0.3 is 0 Å². The summed E-state index contributed by atoms with van der Waals surface area (Å²) in [4.78, 5) is 40.1. The molecule has 12 heteroatoms. The smallest absolute Gasteiger partial charge is 0.270 e. The van der Waals surface area contributed by atoms with Crippen molar-refractivity contribution in [2.24, 2.45) is 0 Å². The number of carbonyl (C=O) groups is 2. The van der Waals surface area contributed by atoms with Crippen LogP contribution < -0.4 is 4.74 Å². The number of carbonyl (C=O) groups excluding carboxylic acids is 2. The number of nitro groups is 1. The molecule has 1 saturated heterocycles. The number of nitro benzene ring substituents is 1. The first-order chi connectivity index (χ1) is 21.4. The summed E-state index contributed by atoms with van der Waals surface area (Å²) < 4.78 is 7.37. The zero-order valence-electron chi connectivity index (χ0n) is 24.7. The molecular formula is C32H34N6O5S. The molecule has 2 amide bonds. The van der Waals surface area contributed by atoms with Gasteiger partial charge in [-0.2, -0.15) is 0 Å². The van der Waals surface area contributed by atoms with Crippen LogP contribution in [-0.2, 0) is 4.79 Å². The van der Waals surface area contributed by atoms with Crippen LogP contribution in [0.5, 0.6) is 5.75 Å². The van der Waals surface area contributed by atoms with Crippen LogP contribution >= 0.6 is 11.8 Å². The lowest BCUT2D eigenvalue weighted by atomic mass is 10.1. The molecule has 0 bridgehead atoms. The fourth-order valence-corrected chi connectivity index (χ4v) is 6.16. The van der Waals surface area contributed by atoms with Crippen LogP contribution in [0.3, 0.4) is 0 Å². The van der Waals surface area contributed by atoms with E-state index in [1.54, 1.807) is 29.8 Å². The van der Waals surface area contributed by atoms with E-state index < -0.39 is 4.92 Å². The average Bonchev–Trinajstić information content (AvgIpc) is 3.48. The molecule has 0 N–H and O–H groups in total. The van der Waals surface area contributed by atoms with Crippen LogP contribution in [0, 0.1) is 10.1 Å². The first-order valence-corrected chi connectivity index (χ1v) is 15.5. The minimum Gasteiger partial charge on any atom is -0.497 e. The van der Waals surface area contributed by atoms with Gasteiger partial charge in [0.1, 0.15) is 5.75 Å². The number of benzene rings is 3. The van der Waals surface area contributed by atoms with Gasteiger partial charge in [-0.3, -0.25) is 24.3 Å². The third-order valence-corrected chi connectivity index (χ3v) is 8.57. The summed E-state index contributed by atoms with van der Waals surface area (Å²) in [6, 6.07) is 23.3. The predicted octanol–water partition coefficient (Wildman–Crippen LogP) is 5.49. The molecule has 1 atom stereocenters. The lowest BCUT2D eigenvalue weighted by Crippen LogP contribution is -2.55. The fourth-order valence-electron chi connectivity index (χ4n) is 5.21. The third kappa shape index (κ3) is 7.08. The summed E-state index contributed by atoms with van der Waals surface area (Å²) in [7, 11) is 1.64. The largest absolute Gasteiger partial charge is 0.497 e. The molecule has 0 spiro atoms. The van der Waals surface area contributed by atoms with Crippen LogP contribution in [0.25, 0.3) is 17.1 Å². The van der Waals surface area contributed by atoms with Crippen LogP contribution in [0.2, 0.25) is 0 Å². The molecule has 1 aromatic heterocycles. The van der Waals surface area contributed by atoms with Crippen LogP contribution in [0.1, 0.15) is 36.5 Å². The minimum absolute atomic E-state index is 0.0667. The van der Waals surface area contributed by atoms with Gasteiger partial charge in [0.15, 0.2) is 11.0 Å². The van der Waals surface area contributed by atoms with Crippen molar-refractivity contribution in [3.05, 3.63) is 94.5 Å². The number of ether oxygens (including phenoxy) is 1.